The number of aliphatic hydroxyl groups is 1. The fourth-order valence-electron chi connectivity index (χ4n) is 2.06. The topological polar surface area (TPSA) is 29.5 Å². The van der Waals surface area contributed by atoms with Gasteiger partial charge in [-0.05, 0) is 31.8 Å². The Kier molecular flexibility index (Phi) is 1.64. The average Bonchev–Trinajstić information content (AvgIpc) is 2.36. The fraction of sp³-hybridized carbons (Fsp3) is 0.778. The molecule has 1 aliphatic carbocycles. The van der Waals surface area contributed by atoms with Gasteiger partial charge < -0.3 is 9.84 Å². The molecule has 2 heteroatoms. The van der Waals surface area contributed by atoms with E-state index in [-0.39, 0.29) is 11.7 Å². The quantitative estimate of drug-likeness (QED) is 0.574. The number of hydrogen-bond donors (Lipinski definition) is 1. The second kappa shape index (κ2) is 2.52. The van der Waals surface area contributed by atoms with Crippen LogP contribution < -0.4 is 0 Å². The summed E-state index contributed by atoms with van der Waals surface area (Å²) in [5, 5.41) is 9.59. The summed E-state index contributed by atoms with van der Waals surface area (Å²) in [6, 6.07) is 0. The van der Waals surface area contributed by atoms with Crippen LogP contribution in [0.1, 0.15) is 32.1 Å². The molecular formula is C9H14O2. The Balaban J connectivity index is 2.08. The normalized spacial score (nSPS) is 34.1. The Bertz CT molecular complexity index is 168. The molecule has 1 atom stereocenters. The molecule has 1 unspecified atom stereocenters. The van der Waals surface area contributed by atoms with Crippen molar-refractivity contribution in [2.75, 3.05) is 0 Å². The van der Waals surface area contributed by atoms with Crippen molar-refractivity contribution < 1.29 is 9.84 Å². The van der Waals surface area contributed by atoms with E-state index in [0.29, 0.717) is 0 Å². The monoisotopic (exact) mass is 154 g/mol. The van der Waals surface area contributed by atoms with Gasteiger partial charge in [-0.3, -0.25) is 0 Å². The highest BCUT2D eigenvalue weighted by atomic mass is 16.5. The van der Waals surface area contributed by atoms with Gasteiger partial charge in [0.1, 0.15) is 11.7 Å². The molecule has 0 bridgehead atoms. The van der Waals surface area contributed by atoms with E-state index in [9.17, 15) is 5.11 Å². The number of aliphatic hydroxyl groups excluding tert-OH is 1. The van der Waals surface area contributed by atoms with Crippen LogP contribution in [0.4, 0.5) is 0 Å². The Labute approximate surface area is 66.9 Å². The molecule has 2 nitrogen and oxygen atoms in total. The van der Waals surface area contributed by atoms with Crippen molar-refractivity contribution in [2.45, 2.75) is 43.8 Å². The van der Waals surface area contributed by atoms with Crippen LogP contribution >= 0.6 is 0 Å². The molecule has 1 fully saturated rings. The van der Waals surface area contributed by atoms with E-state index in [1.165, 1.54) is 19.3 Å². The second-order valence-corrected chi connectivity index (χ2v) is 3.52. The number of rotatable bonds is 0. The summed E-state index contributed by atoms with van der Waals surface area (Å²) in [5.41, 5.74) is -0.224. The Morgan fingerprint density at radius 1 is 1.27 bits per heavy atom. The van der Waals surface area contributed by atoms with Crippen LogP contribution in [0.25, 0.3) is 0 Å². The van der Waals surface area contributed by atoms with Gasteiger partial charge in [-0.1, -0.05) is 6.42 Å². The highest BCUT2D eigenvalue weighted by Gasteiger charge is 2.41. The lowest BCUT2D eigenvalue weighted by Gasteiger charge is -2.35. The fourth-order valence-corrected chi connectivity index (χ4v) is 2.06. The molecule has 11 heavy (non-hydrogen) atoms. The summed E-state index contributed by atoms with van der Waals surface area (Å²) in [6.07, 6.45) is 8.75. The molecule has 0 aromatic rings. The van der Waals surface area contributed by atoms with Gasteiger partial charge in [-0.2, -0.15) is 0 Å². The van der Waals surface area contributed by atoms with Gasteiger partial charge in [-0.15, -0.1) is 0 Å². The minimum absolute atomic E-state index is 0.224. The maximum absolute atomic E-state index is 9.59. The molecule has 1 heterocycles. The van der Waals surface area contributed by atoms with Crippen molar-refractivity contribution in [2.24, 2.45) is 0 Å². The first-order valence-electron chi connectivity index (χ1n) is 4.36. The molecule has 62 valence electrons. The molecule has 0 radical (unpaired) electrons. The van der Waals surface area contributed by atoms with Gasteiger partial charge in [0.25, 0.3) is 0 Å². The minimum Gasteiger partial charge on any atom is -0.492 e. The zero-order valence-electron chi connectivity index (χ0n) is 6.62. The summed E-state index contributed by atoms with van der Waals surface area (Å²) in [7, 11) is 0. The molecular weight excluding hydrogens is 140 g/mol. The SMILES string of the molecule is OC1C=COC12CCCCC2. The van der Waals surface area contributed by atoms with Crippen molar-refractivity contribution in [1.29, 1.82) is 0 Å². The van der Waals surface area contributed by atoms with E-state index in [4.69, 9.17) is 4.74 Å². The van der Waals surface area contributed by atoms with Gasteiger partial charge in [0.15, 0.2) is 0 Å². The van der Waals surface area contributed by atoms with Crippen LogP contribution in [0.2, 0.25) is 0 Å². The molecule has 0 saturated heterocycles. The van der Waals surface area contributed by atoms with Crippen LogP contribution in [-0.2, 0) is 4.74 Å². The third-order valence-electron chi connectivity index (χ3n) is 2.80. The molecule has 1 saturated carbocycles. The first-order valence-corrected chi connectivity index (χ1v) is 4.36. The summed E-state index contributed by atoms with van der Waals surface area (Å²) in [4.78, 5) is 0. The zero-order chi connectivity index (χ0) is 7.73. The van der Waals surface area contributed by atoms with Gasteiger partial charge in [0.05, 0.1) is 6.26 Å². The van der Waals surface area contributed by atoms with E-state index in [1.807, 2.05) is 0 Å². The molecule has 0 aromatic carbocycles. The van der Waals surface area contributed by atoms with Gasteiger partial charge >= 0.3 is 0 Å². The maximum atomic E-state index is 9.59. The van der Waals surface area contributed by atoms with Crippen LogP contribution in [0.15, 0.2) is 12.3 Å². The summed E-state index contributed by atoms with van der Waals surface area (Å²) < 4.78 is 5.46. The first-order chi connectivity index (χ1) is 5.33. The van der Waals surface area contributed by atoms with E-state index in [0.717, 1.165) is 12.8 Å². The summed E-state index contributed by atoms with van der Waals surface area (Å²) >= 11 is 0. The van der Waals surface area contributed by atoms with E-state index in [1.54, 1.807) is 12.3 Å². The molecule has 2 rings (SSSR count). The van der Waals surface area contributed by atoms with Crippen molar-refractivity contribution in [3.05, 3.63) is 12.3 Å². The highest BCUT2D eigenvalue weighted by molar-refractivity contribution is 5.07. The Morgan fingerprint density at radius 2 is 2.00 bits per heavy atom. The standard InChI is InChI=1S/C9H14O2/c10-8-4-7-11-9(8)5-2-1-3-6-9/h4,7-8,10H,1-3,5-6H2. The van der Waals surface area contributed by atoms with E-state index < -0.39 is 0 Å². The molecule has 0 aromatic heterocycles. The smallest absolute Gasteiger partial charge is 0.137 e. The van der Waals surface area contributed by atoms with Crippen LogP contribution in [0, 0.1) is 0 Å². The lowest BCUT2D eigenvalue weighted by Crippen LogP contribution is -2.41. The number of ether oxygens (including phenoxy) is 1. The minimum atomic E-state index is -0.359. The predicted molar refractivity (Wildman–Crippen MR) is 42.0 cm³/mol. The average molecular weight is 154 g/mol. The van der Waals surface area contributed by atoms with Crippen LogP contribution in [0.3, 0.4) is 0 Å². The Morgan fingerprint density at radius 3 is 2.55 bits per heavy atom. The molecule has 1 aliphatic heterocycles. The van der Waals surface area contributed by atoms with Crippen LogP contribution in [-0.4, -0.2) is 16.8 Å². The van der Waals surface area contributed by atoms with Crippen molar-refractivity contribution >= 4 is 0 Å². The number of hydrogen-bond acceptors (Lipinski definition) is 2. The molecule has 1 N–H and O–H groups in total. The third-order valence-corrected chi connectivity index (χ3v) is 2.80. The van der Waals surface area contributed by atoms with Gasteiger partial charge in [0, 0.05) is 0 Å². The Hall–Kier alpha value is -0.500. The third kappa shape index (κ3) is 1.06. The van der Waals surface area contributed by atoms with Crippen LogP contribution in [0.5, 0.6) is 0 Å². The van der Waals surface area contributed by atoms with E-state index in [2.05, 4.69) is 0 Å². The maximum Gasteiger partial charge on any atom is 0.137 e. The van der Waals surface area contributed by atoms with Crippen molar-refractivity contribution in [3.8, 4) is 0 Å². The summed E-state index contributed by atoms with van der Waals surface area (Å²) in [5.74, 6) is 0. The van der Waals surface area contributed by atoms with Crippen molar-refractivity contribution in [3.63, 3.8) is 0 Å². The van der Waals surface area contributed by atoms with Gasteiger partial charge in [0.2, 0.25) is 0 Å². The molecule has 0 amide bonds. The summed E-state index contributed by atoms with van der Waals surface area (Å²) in [6.45, 7) is 0. The largest absolute Gasteiger partial charge is 0.492 e. The first kappa shape index (κ1) is 7.17. The second-order valence-electron chi connectivity index (χ2n) is 3.52. The molecule has 2 aliphatic rings. The zero-order valence-corrected chi connectivity index (χ0v) is 6.62. The van der Waals surface area contributed by atoms with Gasteiger partial charge in [-0.25, -0.2) is 0 Å². The highest BCUT2D eigenvalue weighted by Crippen LogP contribution is 2.38. The van der Waals surface area contributed by atoms with Crippen molar-refractivity contribution in [1.82, 2.24) is 0 Å². The molecule has 1 spiro atoms. The lowest BCUT2D eigenvalue weighted by atomic mass is 9.81. The predicted octanol–water partition coefficient (Wildman–Crippen LogP) is 1.59. The van der Waals surface area contributed by atoms with E-state index >= 15 is 0 Å². The lowest BCUT2D eigenvalue weighted by molar-refractivity contribution is -0.0630.